The van der Waals surface area contributed by atoms with E-state index in [2.05, 4.69) is 0 Å². The lowest BCUT2D eigenvalue weighted by atomic mass is 10.1. The molecule has 0 aliphatic carbocycles. The predicted molar refractivity (Wildman–Crippen MR) is 81.6 cm³/mol. The van der Waals surface area contributed by atoms with Crippen LogP contribution in [-0.2, 0) is 6.54 Å². The number of rotatable bonds is 5. The minimum atomic E-state index is -0.623. The molecule has 0 unspecified atom stereocenters. The zero-order valence-corrected chi connectivity index (χ0v) is 12.2. The van der Waals surface area contributed by atoms with Crippen molar-refractivity contribution in [1.29, 1.82) is 0 Å². The van der Waals surface area contributed by atoms with E-state index in [1.807, 2.05) is 30.3 Å². The molecule has 2 aromatic rings. The molecule has 5 heteroatoms. The Labute approximate surface area is 128 Å². The molecule has 0 heterocycles. The van der Waals surface area contributed by atoms with E-state index in [9.17, 15) is 9.18 Å². The minimum absolute atomic E-state index is 0.107. The van der Waals surface area contributed by atoms with Gasteiger partial charge in [-0.15, -0.1) is 0 Å². The maximum Gasteiger partial charge on any atom is 0.258 e. The largest absolute Gasteiger partial charge is 0.333 e. The highest BCUT2D eigenvalue weighted by molar-refractivity contribution is 6.33. The van der Waals surface area contributed by atoms with Crippen LogP contribution < -0.4 is 5.73 Å². The third-order valence-electron chi connectivity index (χ3n) is 3.08. The Hall–Kier alpha value is -1.91. The van der Waals surface area contributed by atoms with Gasteiger partial charge in [0.2, 0.25) is 0 Å². The maximum absolute atomic E-state index is 13.9. The third-order valence-corrected chi connectivity index (χ3v) is 3.39. The first-order valence-corrected chi connectivity index (χ1v) is 6.98. The molecular weight excluding hydrogens is 291 g/mol. The van der Waals surface area contributed by atoms with Crippen LogP contribution in [0.15, 0.2) is 48.5 Å². The number of nitrogens with two attached hydrogens (primary N) is 1. The van der Waals surface area contributed by atoms with Crippen molar-refractivity contribution in [1.82, 2.24) is 4.90 Å². The molecule has 0 bridgehead atoms. The van der Waals surface area contributed by atoms with Gasteiger partial charge in [-0.3, -0.25) is 4.79 Å². The molecule has 3 nitrogen and oxygen atoms in total. The quantitative estimate of drug-likeness (QED) is 0.922. The Morgan fingerprint density at radius 1 is 1.14 bits per heavy atom. The van der Waals surface area contributed by atoms with Crippen molar-refractivity contribution in [2.75, 3.05) is 13.1 Å². The summed E-state index contributed by atoms with van der Waals surface area (Å²) in [6.07, 6.45) is 0. The van der Waals surface area contributed by atoms with E-state index in [-0.39, 0.29) is 10.6 Å². The second-order valence-corrected chi connectivity index (χ2v) is 5.00. The Bertz CT molecular complexity index is 599. The van der Waals surface area contributed by atoms with Crippen molar-refractivity contribution in [3.8, 4) is 0 Å². The van der Waals surface area contributed by atoms with Gasteiger partial charge in [0.25, 0.3) is 5.91 Å². The van der Waals surface area contributed by atoms with Crippen LogP contribution in [0.25, 0.3) is 0 Å². The summed E-state index contributed by atoms with van der Waals surface area (Å²) >= 11 is 5.95. The van der Waals surface area contributed by atoms with Gasteiger partial charge in [-0.2, -0.15) is 0 Å². The third kappa shape index (κ3) is 3.80. The molecule has 2 aromatic carbocycles. The highest BCUT2D eigenvalue weighted by atomic mass is 35.5. The number of amides is 1. The first kappa shape index (κ1) is 15.5. The van der Waals surface area contributed by atoms with Gasteiger partial charge in [-0.1, -0.05) is 48.0 Å². The highest BCUT2D eigenvalue weighted by Crippen LogP contribution is 2.21. The molecule has 1 amide bonds. The second-order valence-electron chi connectivity index (χ2n) is 4.60. The number of hydrogen-bond donors (Lipinski definition) is 1. The second kappa shape index (κ2) is 7.20. The summed E-state index contributed by atoms with van der Waals surface area (Å²) in [6, 6.07) is 13.7. The SMILES string of the molecule is NCCN(Cc1ccccc1)C(=O)c1c(F)cccc1Cl. The van der Waals surface area contributed by atoms with E-state index >= 15 is 0 Å². The van der Waals surface area contributed by atoms with Gasteiger partial charge in [-0.05, 0) is 17.7 Å². The van der Waals surface area contributed by atoms with E-state index < -0.39 is 11.7 Å². The Morgan fingerprint density at radius 3 is 2.48 bits per heavy atom. The van der Waals surface area contributed by atoms with Crippen molar-refractivity contribution in [2.24, 2.45) is 5.73 Å². The highest BCUT2D eigenvalue weighted by Gasteiger charge is 2.21. The van der Waals surface area contributed by atoms with Gasteiger partial charge in [0.1, 0.15) is 5.82 Å². The van der Waals surface area contributed by atoms with Crippen LogP contribution in [0, 0.1) is 5.82 Å². The molecular formula is C16H16ClFN2O. The minimum Gasteiger partial charge on any atom is -0.333 e. The molecule has 0 aliphatic heterocycles. The molecule has 0 saturated carbocycles. The fourth-order valence-corrected chi connectivity index (χ4v) is 2.32. The molecule has 21 heavy (non-hydrogen) atoms. The zero-order valence-electron chi connectivity index (χ0n) is 11.4. The van der Waals surface area contributed by atoms with Gasteiger partial charge >= 0.3 is 0 Å². The summed E-state index contributed by atoms with van der Waals surface area (Å²) in [5.41, 5.74) is 6.40. The zero-order chi connectivity index (χ0) is 15.2. The molecule has 0 saturated heterocycles. The predicted octanol–water partition coefficient (Wildman–Crippen LogP) is 3.08. The summed E-state index contributed by atoms with van der Waals surface area (Å²) in [5.74, 6) is -1.07. The number of halogens is 2. The number of carbonyl (C=O) groups excluding carboxylic acids is 1. The smallest absolute Gasteiger partial charge is 0.258 e. The summed E-state index contributed by atoms with van der Waals surface area (Å²) in [4.78, 5) is 14.0. The molecule has 110 valence electrons. The lowest BCUT2D eigenvalue weighted by Crippen LogP contribution is -2.35. The van der Waals surface area contributed by atoms with Crippen LogP contribution in [0.3, 0.4) is 0 Å². The van der Waals surface area contributed by atoms with Crippen LogP contribution in [-0.4, -0.2) is 23.9 Å². The fraction of sp³-hybridized carbons (Fsp3) is 0.188. The van der Waals surface area contributed by atoms with Gasteiger partial charge in [0, 0.05) is 19.6 Å². The number of carbonyl (C=O) groups is 1. The van der Waals surface area contributed by atoms with E-state index in [1.165, 1.54) is 23.1 Å². The van der Waals surface area contributed by atoms with Crippen molar-refractivity contribution in [3.63, 3.8) is 0 Å². The topological polar surface area (TPSA) is 46.3 Å². The molecule has 0 radical (unpaired) electrons. The van der Waals surface area contributed by atoms with Crippen molar-refractivity contribution < 1.29 is 9.18 Å². The lowest BCUT2D eigenvalue weighted by molar-refractivity contribution is 0.0743. The van der Waals surface area contributed by atoms with Crippen LogP contribution in [0.5, 0.6) is 0 Å². The Morgan fingerprint density at radius 2 is 1.86 bits per heavy atom. The van der Waals surface area contributed by atoms with Crippen LogP contribution in [0.1, 0.15) is 15.9 Å². The van der Waals surface area contributed by atoms with E-state index in [0.717, 1.165) is 5.56 Å². The fourth-order valence-electron chi connectivity index (χ4n) is 2.07. The summed E-state index contributed by atoms with van der Waals surface area (Å²) in [6.45, 7) is 0.991. The van der Waals surface area contributed by atoms with Gasteiger partial charge in [0.15, 0.2) is 0 Å². The normalized spacial score (nSPS) is 10.4. The monoisotopic (exact) mass is 306 g/mol. The molecule has 0 fully saturated rings. The average Bonchev–Trinajstić information content (AvgIpc) is 2.47. The maximum atomic E-state index is 13.9. The van der Waals surface area contributed by atoms with Crippen LogP contribution in [0.4, 0.5) is 4.39 Å². The Balaban J connectivity index is 2.27. The molecule has 0 spiro atoms. The summed E-state index contributed by atoms with van der Waals surface area (Å²) < 4.78 is 13.9. The summed E-state index contributed by atoms with van der Waals surface area (Å²) in [5, 5.41) is 0.107. The van der Waals surface area contributed by atoms with Crippen LogP contribution >= 0.6 is 11.6 Å². The molecule has 0 aromatic heterocycles. The van der Waals surface area contributed by atoms with Gasteiger partial charge in [-0.25, -0.2) is 4.39 Å². The van der Waals surface area contributed by atoms with Crippen LogP contribution in [0.2, 0.25) is 5.02 Å². The molecule has 0 atom stereocenters. The van der Waals surface area contributed by atoms with Crippen molar-refractivity contribution in [2.45, 2.75) is 6.54 Å². The first-order chi connectivity index (χ1) is 10.1. The lowest BCUT2D eigenvalue weighted by Gasteiger charge is -2.23. The van der Waals surface area contributed by atoms with E-state index in [0.29, 0.717) is 19.6 Å². The molecule has 2 rings (SSSR count). The van der Waals surface area contributed by atoms with E-state index in [4.69, 9.17) is 17.3 Å². The molecule has 2 N–H and O–H groups in total. The average molecular weight is 307 g/mol. The Kier molecular flexibility index (Phi) is 5.31. The molecule has 0 aliphatic rings. The number of benzene rings is 2. The summed E-state index contributed by atoms with van der Waals surface area (Å²) in [7, 11) is 0. The standard InChI is InChI=1S/C16H16ClFN2O/c17-13-7-4-8-14(18)15(13)16(21)20(10-9-19)11-12-5-2-1-3-6-12/h1-8H,9-11,19H2. The van der Waals surface area contributed by atoms with Crippen molar-refractivity contribution >= 4 is 17.5 Å². The van der Waals surface area contributed by atoms with Crippen molar-refractivity contribution in [3.05, 3.63) is 70.5 Å². The number of hydrogen-bond acceptors (Lipinski definition) is 2. The number of nitrogens with zero attached hydrogens (tertiary/aromatic N) is 1. The van der Waals surface area contributed by atoms with E-state index in [1.54, 1.807) is 0 Å². The van der Waals surface area contributed by atoms with Gasteiger partial charge < -0.3 is 10.6 Å². The van der Waals surface area contributed by atoms with Gasteiger partial charge in [0.05, 0.1) is 10.6 Å². The first-order valence-electron chi connectivity index (χ1n) is 6.60.